The van der Waals surface area contributed by atoms with Crippen molar-refractivity contribution < 1.29 is 9.53 Å². The van der Waals surface area contributed by atoms with Gasteiger partial charge in [0.05, 0.1) is 16.7 Å². The summed E-state index contributed by atoms with van der Waals surface area (Å²) in [5.74, 6) is 0.0824. The van der Waals surface area contributed by atoms with Crippen LogP contribution in [0.2, 0.25) is 10.0 Å². The lowest BCUT2D eigenvalue weighted by atomic mass is 10.2. The average molecular weight is 335 g/mol. The number of hydrogen-bond donors (Lipinski definition) is 1. The Hall–Kier alpha value is -2.22. The van der Waals surface area contributed by atoms with Crippen molar-refractivity contribution in [1.82, 2.24) is 5.32 Å². The van der Waals surface area contributed by atoms with E-state index in [9.17, 15) is 4.79 Å². The second kappa shape index (κ2) is 7.69. The minimum Gasteiger partial charge on any atom is -0.482 e. The summed E-state index contributed by atoms with van der Waals surface area (Å²) in [6.45, 7) is 0.204. The van der Waals surface area contributed by atoms with E-state index in [1.807, 2.05) is 18.2 Å². The number of halogens is 2. The number of rotatable bonds is 5. The fraction of sp³-hybridized carbons (Fsp3) is 0.125. The Morgan fingerprint density at radius 3 is 2.73 bits per heavy atom. The summed E-state index contributed by atoms with van der Waals surface area (Å²) >= 11 is 11.8. The van der Waals surface area contributed by atoms with Crippen LogP contribution in [0.15, 0.2) is 42.5 Å². The molecule has 0 heterocycles. The summed E-state index contributed by atoms with van der Waals surface area (Å²) in [7, 11) is 0. The van der Waals surface area contributed by atoms with E-state index in [0.29, 0.717) is 27.9 Å². The van der Waals surface area contributed by atoms with Gasteiger partial charge >= 0.3 is 0 Å². The van der Waals surface area contributed by atoms with Gasteiger partial charge < -0.3 is 10.1 Å². The van der Waals surface area contributed by atoms with Crippen LogP contribution in [-0.4, -0.2) is 12.5 Å². The summed E-state index contributed by atoms with van der Waals surface area (Å²) in [6.07, 6.45) is 0. The molecule has 0 saturated carbocycles. The first-order chi connectivity index (χ1) is 10.6. The minimum absolute atomic E-state index is 0.161. The van der Waals surface area contributed by atoms with E-state index in [2.05, 4.69) is 5.32 Å². The second-order valence-electron chi connectivity index (χ2n) is 4.45. The molecule has 2 aromatic carbocycles. The van der Waals surface area contributed by atoms with Gasteiger partial charge in [-0.25, -0.2) is 0 Å². The number of carbonyl (C=O) groups excluding carboxylic acids is 1. The van der Waals surface area contributed by atoms with Crippen molar-refractivity contribution in [2.24, 2.45) is 0 Å². The van der Waals surface area contributed by atoms with E-state index in [1.165, 1.54) is 6.07 Å². The molecule has 0 bridgehead atoms. The Morgan fingerprint density at radius 2 is 2.05 bits per heavy atom. The van der Waals surface area contributed by atoms with Gasteiger partial charge in [0.15, 0.2) is 6.61 Å². The standard InChI is InChI=1S/C16H12Cl2N2O2/c17-13-3-1-2-12(6-13)9-20-16(21)10-22-15-5-4-11(8-19)7-14(15)18/h1-7H,9-10H2,(H,20,21). The molecule has 6 heteroatoms. The Balaban J connectivity index is 1.84. The number of ether oxygens (including phenoxy) is 1. The summed E-state index contributed by atoms with van der Waals surface area (Å²) in [4.78, 5) is 11.7. The van der Waals surface area contributed by atoms with E-state index in [4.69, 9.17) is 33.2 Å². The molecule has 0 unspecified atom stereocenters. The van der Waals surface area contributed by atoms with Gasteiger partial charge in [-0.05, 0) is 35.9 Å². The van der Waals surface area contributed by atoms with E-state index in [1.54, 1.807) is 24.3 Å². The van der Waals surface area contributed by atoms with Gasteiger partial charge in [-0.15, -0.1) is 0 Å². The molecule has 2 rings (SSSR count). The lowest BCUT2D eigenvalue weighted by Crippen LogP contribution is -2.28. The monoisotopic (exact) mass is 334 g/mol. The molecule has 0 aliphatic rings. The number of hydrogen-bond acceptors (Lipinski definition) is 3. The molecule has 4 nitrogen and oxygen atoms in total. The third-order valence-electron chi connectivity index (χ3n) is 2.80. The molecule has 2 aromatic rings. The van der Waals surface area contributed by atoms with Crippen LogP contribution in [0.4, 0.5) is 0 Å². The van der Waals surface area contributed by atoms with Gasteiger partial charge in [-0.2, -0.15) is 5.26 Å². The summed E-state index contributed by atoms with van der Waals surface area (Å²) < 4.78 is 5.33. The predicted molar refractivity (Wildman–Crippen MR) is 85.0 cm³/mol. The van der Waals surface area contributed by atoms with Crippen molar-refractivity contribution in [2.75, 3.05) is 6.61 Å². The SMILES string of the molecule is N#Cc1ccc(OCC(=O)NCc2cccc(Cl)c2)c(Cl)c1. The molecule has 0 aliphatic heterocycles. The third-order valence-corrected chi connectivity index (χ3v) is 3.33. The number of nitrogens with one attached hydrogen (secondary N) is 1. The van der Waals surface area contributed by atoms with Gasteiger partial charge in [0.25, 0.3) is 5.91 Å². The summed E-state index contributed by atoms with van der Waals surface area (Å²) in [5.41, 5.74) is 1.33. The van der Waals surface area contributed by atoms with E-state index in [-0.39, 0.29) is 12.5 Å². The van der Waals surface area contributed by atoms with E-state index >= 15 is 0 Å². The van der Waals surface area contributed by atoms with Crippen LogP contribution in [0.1, 0.15) is 11.1 Å². The zero-order chi connectivity index (χ0) is 15.9. The Labute approximate surface area is 138 Å². The van der Waals surface area contributed by atoms with Crippen LogP contribution in [0, 0.1) is 11.3 Å². The van der Waals surface area contributed by atoms with Crippen LogP contribution in [0.5, 0.6) is 5.75 Å². The topological polar surface area (TPSA) is 62.1 Å². The highest BCUT2D eigenvalue weighted by Gasteiger charge is 2.07. The first-order valence-electron chi connectivity index (χ1n) is 6.42. The van der Waals surface area contributed by atoms with Gasteiger partial charge in [0.2, 0.25) is 0 Å². The maximum absolute atomic E-state index is 11.7. The minimum atomic E-state index is -0.277. The van der Waals surface area contributed by atoms with Gasteiger partial charge in [0, 0.05) is 11.6 Å². The highest BCUT2D eigenvalue weighted by Crippen LogP contribution is 2.25. The van der Waals surface area contributed by atoms with Crippen LogP contribution in [0.25, 0.3) is 0 Å². The molecule has 112 valence electrons. The first kappa shape index (κ1) is 16.2. The molecule has 0 saturated heterocycles. The molecule has 0 radical (unpaired) electrons. The number of amides is 1. The smallest absolute Gasteiger partial charge is 0.258 e. The van der Waals surface area contributed by atoms with Gasteiger partial charge in [-0.1, -0.05) is 35.3 Å². The van der Waals surface area contributed by atoms with Crippen molar-refractivity contribution in [3.8, 4) is 11.8 Å². The van der Waals surface area contributed by atoms with Gasteiger partial charge in [0.1, 0.15) is 5.75 Å². The Morgan fingerprint density at radius 1 is 1.23 bits per heavy atom. The molecule has 0 atom stereocenters. The normalized spacial score (nSPS) is 9.86. The van der Waals surface area contributed by atoms with Crippen molar-refractivity contribution >= 4 is 29.1 Å². The van der Waals surface area contributed by atoms with E-state index < -0.39 is 0 Å². The van der Waals surface area contributed by atoms with E-state index in [0.717, 1.165) is 5.56 Å². The van der Waals surface area contributed by atoms with Crippen molar-refractivity contribution in [2.45, 2.75) is 6.54 Å². The molecule has 0 aliphatic carbocycles. The largest absolute Gasteiger partial charge is 0.482 e. The maximum Gasteiger partial charge on any atom is 0.258 e. The molecule has 0 aromatic heterocycles. The Kier molecular flexibility index (Phi) is 5.65. The molecular weight excluding hydrogens is 323 g/mol. The van der Waals surface area contributed by atoms with Crippen molar-refractivity contribution in [1.29, 1.82) is 5.26 Å². The Bertz CT molecular complexity index is 726. The highest BCUT2D eigenvalue weighted by atomic mass is 35.5. The fourth-order valence-corrected chi connectivity index (χ4v) is 2.18. The molecule has 0 spiro atoms. The summed E-state index contributed by atoms with van der Waals surface area (Å²) in [5, 5.41) is 12.4. The number of nitriles is 1. The molecule has 1 amide bonds. The molecule has 1 N–H and O–H groups in total. The van der Waals surface area contributed by atoms with Crippen LogP contribution in [-0.2, 0) is 11.3 Å². The zero-order valence-corrected chi connectivity index (χ0v) is 13.0. The van der Waals surface area contributed by atoms with Crippen LogP contribution < -0.4 is 10.1 Å². The van der Waals surface area contributed by atoms with Crippen LogP contribution >= 0.6 is 23.2 Å². The molecular formula is C16H12Cl2N2O2. The van der Waals surface area contributed by atoms with Crippen molar-refractivity contribution in [3.63, 3.8) is 0 Å². The predicted octanol–water partition coefficient (Wildman–Crippen LogP) is 3.56. The zero-order valence-electron chi connectivity index (χ0n) is 11.5. The average Bonchev–Trinajstić information content (AvgIpc) is 2.51. The molecule has 0 fully saturated rings. The fourth-order valence-electron chi connectivity index (χ4n) is 1.73. The summed E-state index contributed by atoms with van der Waals surface area (Å²) in [6, 6.07) is 13.8. The quantitative estimate of drug-likeness (QED) is 0.909. The van der Waals surface area contributed by atoms with Gasteiger partial charge in [-0.3, -0.25) is 4.79 Å². The van der Waals surface area contributed by atoms with Crippen LogP contribution in [0.3, 0.4) is 0 Å². The van der Waals surface area contributed by atoms with Crippen molar-refractivity contribution in [3.05, 3.63) is 63.6 Å². The number of benzene rings is 2. The maximum atomic E-state index is 11.7. The second-order valence-corrected chi connectivity index (χ2v) is 5.30. The molecule has 22 heavy (non-hydrogen) atoms. The lowest BCUT2D eigenvalue weighted by Gasteiger charge is -2.09. The number of nitrogens with zero attached hydrogens (tertiary/aromatic N) is 1. The highest BCUT2D eigenvalue weighted by molar-refractivity contribution is 6.32. The number of carbonyl (C=O) groups is 1. The lowest BCUT2D eigenvalue weighted by molar-refractivity contribution is -0.123. The first-order valence-corrected chi connectivity index (χ1v) is 7.17. The third kappa shape index (κ3) is 4.66.